The van der Waals surface area contributed by atoms with Gasteiger partial charge < -0.3 is 14.8 Å². The van der Waals surface area contributed by atoms with Crippen LogP contribution in [0.25, 0.3) is 0 Å². The fourth-order valence-electron chi connectivity index (χ4n) is 1.72. The predicted octanol–water partition coefficient (Wildman–Crippen LogP) is 2.58. The van der Waals surface area contributed by atoms with Crippen LogP contribution in [0.4, 0.5) is 5.69 Å². The van der Waals surface area contributed by atoms with Gasteiger partial charge in [0.25, 0.3) is 5.91 Å². The molecule has 0 bridgehead atoms. The maximum absolute atomic E-state index is 11.9. The van der Waals surface area contributed by atoms with Crippen LogP contribution in [0.2, 0.25) is 0 Å². The number of nitrogens with one attached hydrogen (secondary N) is 1. The van der Waals surface area contributed by atoms with Crippen molar-refractivity contribution in [2.75, 3.05) is 19.0 Å². The largest absolute Gasteiger partial charge is 0.495 e. The normalized spacial score (nSPS) is 9.52. The molecule has 0 unspecified atom stereocenters. The summed E-state index contributed by atoms with van der Waals surface area (Å²) in [4.78, 5) is 11.9. The van der Waals surface area contributed by atoms with Gasteiger partial charge in [0, 0.05) is 6.07 Å². The molecule has 0 aromatic heterocycles. The topological polar surface area (TPSA) is 71.3 Å². The van der Waals surface area contributed by atoms with E-state index in [0.29, 0.717) is 22.7 Å². The van der Waals surface area contributed by atoms with Gasteiger partial charge in [-0.05, 0) is 24.3 Å². The minimum absolute atomic E-state index is 0.104. The Bertz CT molecular complexity index is 663. The molecule has 0 heterocycles. The summed E-state index contributed by atoms with van der Waals surface area (Å²) in [5.74, 6) is 0.753. The highest BCUT2D eigenvalue weighted by atomic mass is 16.5. The number of anilines is 1. The lowest BCUT2D eigenvalue weighted by molar-refractivity contribution is -0.118. The van der Waals surface area contributed by atoms with E-state index in [1.807, 2.05) is 24.3 Å². The van der Waals surface area contributed by atoms with Crippen LogP contribution in [-0.2, 0) is 4.79 Å². The van der Waals surface area contributed by atoms with Gasteiger partial charge >= 0.3 is 0 Å². The van der Waals surface area contributed by atoms with Crippen LogP contribution in [0, 0.1) is 11.3 Å². The summed E-state index contributed by atoms with van der Waals surface area (Å²) in [5.41, 5.74) is 0.962. The molecular weight excluding hydrogens is 268 g/mol. The van der Waals surface area contributed by atoms with Crippen molar-refractivity contribution in [3.05, 3.63) is 54.1 Å². The van der Waals surface area contributed by atoms with Crippen LogP contribution >= 0.6 is 0 Å². The first-order valence-electron chi connectivity index (χ1n) is 6.29. The van der Waals surface area contributed by atoms with Gasteiger partial charge in [-0.2, -0.15) is 5.26 Å². The molecule has 0 atom stereocenters. The van der Waals surface area contributed by atoms with Crippen molar-refractivity contribution >= 4 is 11.6 Å². The number of nitriles is 1. The van der Waals surface area contributed by atoms with Gasteiger partial charge in [0.05, 0.1) is 24.4 Å². The number of para-hydroxylation sites is 1. The standard InChI is InChI=1S/C16H14N2O3/c1-20-15-9-12(10-17)7-8-14(15)18-16(19)11-21-13-5-3-2-4-6-13/h2-9H,11H2,1H3,(H,18,19). The summed E-state index contributed by atoms with van der Waals surface area (Å²) in [7, 11) is 1.48. The highest BCUT2D eigenvalue weighted by Crippen LogP contribution is 2.25. The third kappa shape index (κ3) is 3.98. The first kappa shape index (κ1) is 14.4. The average molecular weight is 282 g/mol. The van der Waals surface area contributed by atoms with Crippen molar-refractivity contribution in [2.45, 2.75) is 0 Å². The zero-order chi connectivity index (χ0) is 15.1. The van der Waals surface area contributed by atoms with Crippen LogP contribution in [0.5, 0.6) is 11.5 Å². The molecule has 5 nitrogen and oxygen atoms in total. The van der Waals surface area contributed by atoms with Crippen LogP contribution in [0.1, 0.15) is 5.56 Å². The Kier molecular flexibility index (Phi) is 4.78. The maximum atomic E-state index is 11.9. The Balaban J connectivity index is 1.98. The maximum Gasteiger partial charge on any atom is 0.262 e. The van der Waals surface area contributed by atoms with Crippen molar-refractivity contribution in [2.24, 2.45) is 0 Å². The number of amides is 1. The Morgan fingerprint density at radius 2 is 2.00 bits per heavy atom. The first-order chi connectivity index (χ1) is 10.2. The summed E-state index contributed by atoms with van der Waals surface area (Å²) in [6.45, 7) is -0.104. The monoisotopic (exact) mass is 282 g/mol. The molecule has 2 aromatic carbocycles. The third-order valence-corrected chi connectivity index (χ3v) is 2.72. The summed E-state index contributed by atoms with van der Waals surface area (Å²) in [5, 5.41) is 11.5. The Morgan fingerprint density at radius 1 is 1.24 bits per heavy atom. The quantitative estimate of drug-likeness (QED) is 0.915. The number of benzene rings is 2. The number of carbonyl (C=O) groups is 1. The summed E-state index contributed by atoms with van der Waals surface area (Å²) in [6.07, 6.45) is 0. The lowest BCUT2D eigenvalue weighted by atomic mass is 10.2. The molecule has 2 aromatic rings. The lowest BCUT2D eigenvalue weighted by Crippen LogP contribution is -2.20. The SMILES string of the molecule is COc1cc(C#N)ccc1NC(=O)COc1ccccc1. The van der Waals surface area contributed by atoms with Crippen molar-refractivity contribution < 1.29 is 14.3 Å². The van der Waals surface area contributed by atoms with Crippen molar-refractivity contribution in [3.8, 4) is 17.6 Å². The first-order valence-corrected chi connectivity index (χ1v) is 6.29. The van der Waals surface area contributed by atoms with Crippen LogP contribution in [0.3, 0.4) is 0 Å². The highest BCUT2D eigenvalue weighted by Gasteiger charge is 2.09. The number of hydrogen-bond donors (Lipinski definition) is 1. The van der Waals surface area contributed by atoms with E-state index in [2.05, 4.69) is 5.32 Å². The van der Waals surface area contributed by atoms with Gasteiger partial charge in [-0.1, -0.05) is 18.2 Å². The minimum atomic E-state index is -0.304. The van der Waals surface area contributed by atoms with Crippen LogP contribution < -0.4 is 14.8 Å². The number of methoxy groups -OCH3 is 1. The third-order valence-electron chi connectivity index (χ3n) is 2.72. The fourth-order valence-corrected chi connectivity index (χ4v) is 1.72. The second-order valence-electron chi connectivity index (χ2n) is 4.18. The van der Waals surface area contributed by atoms with E-state index in [4.69, 9.17) is 14.7 Å². The van der Waals surface area contributed by atoms with Gasteiger partial charge in [-0.25, -0.2) is 0 Å². The second kappa shape index (κ2) is 6.96. The minimum Gasteiger partial charge on any atom is -0.495 e. The fraction of sp³-hybridized carbons (Fsp3) is 0.125. The molecule has 0 fully saturated rings. The van der Waals surface area contributed by atoms with Gasteiger partial charge in [-0.15, -0.1) is 0 Å². The molecule has 0 radical (unpaired) electrons. The smallest absolute Gasteiger partial charge is 0.262 e. The number of hydrogen-bond acceptors (Lipinski definition) is 4. The second-order valence-corrected chi connectivity index (χ2v) is 4.18. The Hall–Kier alpha value is -3.00. The molecule has 0 aliphatic heterocycles. The van der Waals surface area contributed by atoms with Gasteiger partial charge in [-0.3, -0.25) is 4.79 Å². The van der Waals surface area contributed by atoms with E-state index >= 15 is 0 Å². The Labute approximate surface area is 122 Å². The Morgan fingerprint density at radius 3 is 2.67 bits per heavy atom. The van der Waals surface area contributed by atoms with Crippen molar-refractivity contribution in [1.29, 1.82) is 5.26 Å². The predicted molar refractivity (Wildman–Crippen MR) is 78.3 cm³/mol. The van der Waals surface area contributed by atoms with E-state index < -0.39 is 0 Å². The summed E-state index contributed by atoms with van der Waals surface area (Å²) >= 11 is 0. The van der Waals surface area contributed by atoms with Crippen molar-refractivity contribution in [1.82, 2.24) is 0 Å². The molecule has 1 amide bonds. The molecular formula is C16H14N2O3. The van der Waals surface area contributed by atoms with Crippen LogP contribution in [0.15, 0.2) is 48.5 Å². The zero-order valence-electron chi connectivity index (χ0n) is 11.5. The van der Waals surface area contributed by atoms with E-state index in [0.717, 1.165) is 0 Å². The molecule has 0 spiro atoms. The van der Waals surface area contributed by atoms with Crippen molar-refractivity contribution in [3.63, 3.8) is 0 Å². The molecule has 5 heteroatoms. The summed E-state index contributed by atoms with van der Waals surface area (Å²) < 4.78 is 10.5. The molecule has 106 valence electrons. The molecule has 0 saturated carbocycles. The molecule has 0 aliphatic carbocycles. The van der Waals surface area contributed by atoms with Gasteiger partial charge in [0.1, 0.15) is 11.5 Å². The van der Waals surface area contributed by atoms with Crippen LogP contribution in [-0.4, -0.2) is 19.6 Å². The van der Waals surface area contributed by atoms with E-state index in [1.54, 1.807) is 30.3 Å². The molecule has 21 heavy (non-hydrogen) atoms. The molecule has 1 N–H and O–H groups in total. The van der Waals surface area contributed by atoms with Gasteiger partial charge in [0.2, 0.25) is 0 Å². The molecule has 0 aliphatic rings. The lowest BCUT2D eigenvalue weighted by Gasteiger charge is -2.11. The van der Waals surface area contributed by atoms with Gasteiger partial charge in [0.15, 0.2) is 6.61 Å². The number of rotatable bonds is 5. The molecule has 0 saturated heterocycles. The van der Waals surface area contributed by atoms with E-state index in [9.17, 15) is 4.79 Å². The number of nitrogens with zero attached hydrogens (tertiary/aromatic N) is 1. The summed E-state index contributed by atoms with van der Waals surface area (Å²) in [6, 6.07) is 15.9. The average Bonchev–Trinajstić information content (AvgIpc) is 2.54. The zero-order valence-corrected chi connectivity index (χ0v) is 11.5. The van der Waals surface area contributed by atoms with E-state index in [1.165, 1.54) is 7.11 Å². The van der Waals surface area contributed by atoms with E-state index in [-0.39, 0.29) is 12.5 Å². The highest BCUT2D eigenvalue weighted by molar-refractivity contribution is 5.93. The number of ether oxygens (including phenoxy) is 2. The molecule has 2 rings (SSSR count). The number of carbonyl (C=O) groups excluding carboxylic acids is 1.